The number of amides is 1. The van der Waals surface area contributed by atoms with E-state index in [1.54, 1.807) is 5.38 Å². The number of sulfonamides is 1. The largest absolute Gasteiger partial charge is 0.379 e. The molecule has 3 rings (SSSR count). The first-order chi connectivity index (χ1) is 11.5. The van der Waals surface area contributed by atoms with Crippen LogP contribution in [0.1, 0.15) is 29.4 Å². The van der Waals surface area contributed by atoms with Gasteiger partial charge in [-0.15, -0.1) is 11.3 Å². The first-order valence-corrected chi connectivity index (χ1v) is 10.5. The van der Waals surface area contributed by atoms with Gasteiger partial charge in [-0.3, -0.25) is 4.79 Å². The van der Waals surface area contributed by atoms with Crippen LogP contribution in [0.4, 0.5) is 0 Å². The van der Waals surface area contributed by atoms with Crippen LogP contribution < -0.4 is 10.6 Å². The third-order valence-electron chi connectivity index (χ3n) is 4.38. The lowest BCUT2D eigenvalue weighted by Gasteiger charge is -2.29. The number of carbonyl (C=O) groups is 1. The molecule has 0 bridgehead atoms. The van der Waals surface area contributed by atoms with E-state index in [0.717, 1.165) is 19.4 Å². The summed E-state index contributed by atoms with van der Waals surface area (Å²) in [7, 11) is -3.66. The first kappa shape index (κ1) is 17.8. The van der Waals surface area contributed by atoms with E-state index in [1.165, 1.54) is 21.7 Å². The molecule has 0 aromatic carbocycles. The van der Waals surface area contributed by atoms with Gasteiger partial charge >= 0.3 is 0 Å². The minimum atomic E-state index is -3.66. The number of nitrogens with one attached hydrogen (secondary N) is 2. The van der Waals surface area contributed by atoms with Crippen molar-refractivity contribution in [2.24, 2.45) is 0 Å². The van der Waals surface area contributed by atoms with Gasteiger partial charge in [0, 0.05) is 25.2 Å². The average molecular weight is 374 g/mol. The van der Waals surface area contributed by atoms with Crippen LogP contribution in [0.15, 0.2) is 16.3 Å². The molecule has 2 aliphatic heterocycles. The van der Waals surface area contributed by atoms with Crippen molar-refractivity contribution < 1.29 is 17.9 Å². The minimum Gasteiger partial charge on any atom is -0.379 e. The Kier molecular flexibility index (Phi) is 5.56. The number of ether oxygens (including phenoxy) is 1. The van der Waals surface area contributed by atoms with Crippen LogP contribution in [0, 0.1) is 0 Å². The van der Waals surface area contributed by atoms with E-state index in [9.17, 15) is 13.2 Å². The Hall–Kier alpha value is -1.00. The fourth-order valence-electron chi connectivity index (χ4n) is 3.11. The summed E-state index contributed by atoms with van der Waals surface area (Å²) >= 11 is 1.17. The van der Waals surface area contributed by atoms with Crippen molar-refractivity contribution in [2.45, 2.75) is 36.7 Å². The summed E-state index contributed by atoms with van der Waals surface area (Å²) in [5, 5.41) is 7.99. The van der Waals surface area contributed by atoms with E-state index in [2.05, 4.69) is 17.6 Å². The van der Waals surface area contributed by atoms with Crippen LogP contribution >= 0.6 is 11.3 Å². The monoisotopic (exact) mass is 373 g/mol. The number of rotatable bonds is 4. The zero-order chi connectivity index (χ0) is 17.2. The van der Waals surface area contributed by atoms with Crippen LogP contribution in [-0.2, 0) is 14.8 Å². The molecule has 2 N–H and O–H groups in total. The molecule has 2 saturated heterocycles. The van der Waals surface area contributed by atoms with Gasteiger partial charge in [-0.1, -0.05) is 0 Å². The summed E-state index contributed by atoms with van der Waals surface area (Å²) in [4.78, 5) is 13.0. The van der Waals surface area contributed by atoms with Gasteiger partial charge in [0.1, 0.15) is 9.77 Å². The Morgan fingerprint density at radius 1 is 1.42 bits per heavy atom. The highest BCUT2D eigenvalue weighted by atomic mass is 32.2. The van der Waals surface area contributed by atoms with Crippen molar-refractivity contribution >= 4 is 27.3 Å². The maximum Gasteiger partial charge on any atom is 0.262 e. The summed E-state index contributed by atoms with van der Waals surface area (Å²) in [6, 6.07) is 1.95. The number of nitrogens with zero attached hydrogens (tertiary/aromatic N) is 1. The molecule has 1 amide bonds. The second-order valence-electron chi connectivity index (χ2n) is 6.18. The maximum atomic E-state index is 12.8. The Morgan fingerprint density at radius 3 is 2.88 bits per heavy atom. The molecule has 24 heavy (non-hydrogen) atoms. The summed E-state index contributed by atoms with van der Waals surface area (Å²) in [5.41, 5.74) is 0. The molecular formula is C15H23N3O4S2. The SMILES string of the molecule is CC1CC(NC(=O)c2sccc2S(=O)(=O)N2CCOCC2)CCN1. The summed E-state index contributed by atoms with van der Waals surface area (Å²) in [6.07, 6.45) is 1.70. The number of hydrogen-bond acceptors (Lipinski definition) is 6. The molecule has 1 aromatic rings. The standard InChI is InChI=1S/C15H23N3O4S2/c1-11-10-12(2-4-16-11)17-15(19)14-13(3-9-23-14)24(20,21)18-5-7-22-8-6-18/h3,9,11-12,16H,2,4-8,10H2,1H3,(H,17,19). The Labute approximate surface area is 146 Å². The lowest BCUT2D eigenvalue weighted by molar-refractivity contribution is 0.0730. The molecule has 0 saturated carbocycles. The fourth-order valence-corrected chi connectivity index (χ4v) is 5.82. The van der Waals surface area contributed by atoms with E-state index in [-0.39, 0.29) is 21.7 Å². The average Bonchev–Trinajstić information content (AvgIpc) is 3.06. The van der Waals surface area contributed by atoms with Crippen molar-refractivity contribution in [1.29, 1.82) is 0 Å². The third-order valence-corrected chi connectivity index (χ3v) is 7.37. The Bertz CT molecular complexity index is 683. The van der Waals surface area contributed by atoms with Gasteiger partial charge in [0.05, 0.1) is 13.2 Å². The van der Waals surface area contributed by atoms with Crippen molar-refractivity contribution in [1.82, 2.24) is 14.9 Å². The topological polar surface area (TPSA) is 87.7 Å². The highest BCUT2D eigenvalue weighted by molar-refractivity contribution is 7.89. The highest BCUT2D eigenvalue weighted by Crippen LogP contribution is 2.26. The highest BCUT2D eigenvalue weighted by Gasteiger charge is 2.32. The van der Waals surface area contributed by atoms with Crippen molar-refractivity contribution in [3.05, 3.63) is 16.3 Å². The van der Waals surface area contributed by atoms with Gasteiger partial charge in [-0.05, 0) is 37.8 Å². The van der Waals surface area contributed by atoms with E-state index in [1.807, 2.05) is 0 Å². The lowest BCUT2D eigenvalue weighted by Crippen LogP contribution is -2.46. The number of piperidine rings is 1. The van der Waals surface area contributed by atoms with Crippen molar-refractivity contribution in [3.8, 4) is 0 Å². The fraction of sp³-hybridized carbons (Fsp3) is 0.667. The second-order valence-corrected chi connectivity index (χ2v) is 9.00. The predicted octanol–water partition coefficient (Wildman–Crippen LogP) is 0.639. The van der Waals surface area contributed by atoms with Gasteiger partial charge < -0.3 is 15.4 Å². The van der Waals surface area contributed by atoms with Gasteiger partial charge in [0.2, 0.25) is 10.0 Å². The van der Waals surface area contributed by atoms with Crippen LogP contribution in [0.2, 0.25) is 0 Å². The minimum absolute atomic E-state index is 0.0785. The Balaban J connectivity index is 1.75. The van der Waals surface area contributed by atoms with E-state index < -0.39 is 10.0 Å². The molecule has 3 heterocycles. The number of hydrogen-bond donors (Lipinski definition) is 2. The maximum absolute atomic E-state index is 12.8. The molecule has 134 valence electrons. The van der Waals surface area contributed by atoms with Crippen molar-refractivity contribution in [2.75, 3.05) is 32.8 Å². The second kappa shape index (κ2) is 7.49. The predicted molar refractivity (Wildman–Crippen MR) is 91.8 cm³/mol. The molecule has 9 heteroatoms. The molecule has 0 radical (unpaired) electrons. The van der Waals surface area contributed by atoms with E-state index in [4.69, 9.17) is 4.74 Å². The van der Waals surface area contributed by atoms with E-state index in [0.29, 0.717) is 32.3 Å². The summed E-state index contributed by atoms with van der Waals surface area (Å²) in [5.74, 6) is -0.295. The third kappa shape index (κ3) is 3.80. The molecule has 0 aliphatic carbocycles. The lowest BCUT2D eigenvalue weighted by atomic mass is 10.0. The molecule has 1 aromatic heterocycles. The quantitative estimate of drug-likeness (QED) is 0.809. The summed E-state index contributed by atoms with van der Waals surface area (Å²) in [6.45, 7) is 4.36. The smallest absolute Gasteiger partial charge is 0.262 e. The zero-order valence-electron chi connectivity index (χ0n) is 13.7. The van der Waals surface area contributed by atoms with Crippen LogP contribution in [-0.4, -0.2) is 63.6 Å². The van der Waals surface area contributed by atoms with Gasteiger partial charge in [0.15, 0.2) is 0 Å². The Morgan fingerprint density at radius 2 is 2.17 bits per heavy atom. The molecule has 2 fully saturated rings. The molecule has 2 atom stereocenters. The molecule has 0 spiro atoms. The normalized spacial score (nSPS) is 26.2. The molecular weight excluding hydrogens is 350 g/mol. The van der Waals surface area contributed by atoms with E-state index >= 15 is 0 Å². The molecule has 2 unspecified atom stereocenters. The van der Waals surface area contributed by atoms with Gasteiger partial charge in [0.25, 0.3) is 5.91 Å². The van der Waals surface area contributed by atoms with Crippen LogP contribution in [0.5, 0.6) is 0 Å². The summed E-state index contributed by atoms with van der Waals surface area (Å²) < 4.78 is 32.2. The number of carbonyl (C=O) groups excluding carboxylic acids is 1. The number of morpholine rings is 1. The van der Waals surface area contributed by atoms with Crippen LogP contribution in [0.25, 0.3) is 0 Å². The van der Waals surface area contributed by atoms with Gasteiger partial charge in [-0.25, -0.2) is 8.42 Å². The van der Waals surface area contributed by atoms with Crippen molar-refractivity contribution in [3.63, 3.8) is 0 Å². The first-order valence-electron chi connectivity index (χ1n) is 8.18. The number of thiophene rings is 1. The van der Waals surface area contributed by atoms with Gasteiger partial charge in [-0.2, -0.15) is 4.31 Å². The molecule has 7 nitrogen and oxygen atoms in total. The van der Waals surface area contributed by atoms with Crippen LogP contribution in [0.3, 0.4) is 0 Å². The zero-order valence-corrected chi connectivity index (χ0v) is 15.3. The molecule has 2 aliphatic rings.